The van der Waals surface area contributed by atoms with E-state index >= 15 is 0 Å². The first-order valence-electron chi connectivity index (χ1n) is 6.59. The number of Topliss-reactive ketones (excluding diaryl/α,β-unsaturated/α-hetero) is 1. The predicted molar refractivity (Wildman–Crippen MR) is 75.9 cm³/mol. The van der Waals surface area contributed by atoms with Crippen LogP contribution in [-0.4, -0.2) is 40.8 Å². The van der Waals surface area contributed by atoms with Crippen molar-refractivity contribution in [3.8, 4) is 0 Å². The number of ketones is 1. The molecule has 19 heavy (non-hydrogen) atoms. The van der Waals surface area contributed by atoms with Gasteiger partial charge < -0.3 is 10.4 Å². The highest BCUT2D eigenvalue weighted by atomic mass is 32.2. The number of thioether (sulfide) groups is 1. The molecule has 0 rings (SSSR count). The van der Waals surface area contributed by atoms with Crippen LogP contribution in [0.2, 0.25) is 0 Å². The van der Waals surface area contributed by atoms with E-state index in [9.17, 15) is 14.4 Å². The number of amides is 1. The zero-order chi connectivity index (χ0) is 14.5. The molecule has 0 aromatic carbocycles. The lowest BCUT2D eigenvalue weighted by Crippen LogP contribution is -2.29. The number of carbonyl (C=O) groups is 3. The quantitative estimate of drug-likeness (QED) is 0.560. The lowest BCUT2D eigenvalue weighted by atomic mass is 10.2. The number of aliphatic hydroxyl groups is 1. The lowest BCUT2D eigenvalue weighted by Gasteiger charge is -2.04. The lowest BCUT2D eigenvalue weighted by molar-refractivity contribution is -0.125. The molecule has 0 spiro atoms. The molecule has 0 aromatic heterocycles. The van der Waals surface area contributed by atoms with Crippen LogP contribution in [0.25, 0.3) is 0 Å². The van der Waals surface area contributed by atoms with Gasteiger partial charge in [-0.1, -0.05) is 18.2 Å². The number of aliphatic hydroxyl groups excluding tert-OH is 1. The fourth-order valence-electron chi connectivity index (χ4n) is 1.43. The molecule has 0 saturated carbocycles. The fraction of sp³-hybridized carbons (Fsp3) is 0.769. The van der Waals surface area contributed by atoms with E-state index < -0.39 is 0 Å². The highest BCUT2D eigenvalue weighted by molar-refractivity contribution is 8.13. The van der Waals surface area contributed by atoms with E-state index in [0.29, 0.717) is 19.3 Å². The molecule has 5 nitrogen and oxygen atoms in total. The van der Waals surface area contributed by atoms with E-state index in [1.54, 1.807) is 6.92 Å². The van der Waals surface area contributed by atoms with Gasteiger partial charge in [0.2, 0.25) is 5.91 Å². The minimum atomic E-state index is -0.114. The first-order valence-corrected chi connectivity index (χ1v) is 7.57. The Bertz CT molecular complexity index is 294. The Morgan fingerprint density at radius 2 is 1.79 bits per heavy atom. The van der Waals surface area contributed by atoms with Gasteiger partial charge in [0.05, 0.1) is 6.54 Å². The minimum absolute atomic E-state index is 0.00202. The summed E-state index contributed by atoms with van der Waals surface area (Å²) in [5.74, 6) is 0.633. The molecule has 0 saturated heterocycles. The van der Waals surface area contributed by atoms with Gasteiger partial charge >= 0.3 is 0 Å². The van der Waals surface area contributed by atoms with Gasteiger partial charge in [-0.25, -0.2) is 0 Å². The van der Waals surface area contributed by atoms with Gasteiger partial charge in [-0.3, -0.25) is 14.4 Å². The van der Waals surface area contributed by atoms with Gasteiger partial charge in [-0.2, -0.15) is 0 Å². The van der Waals surface area contributed by atoms with Crippen LogP contribution >= 0.6 is 11.8 Å². The molecule has 0 radical (unpaired) electrons. The SMILES string of the molecule is CC(=O)SCCCCCC(=O)NCC(=O)CCCO. The van der Waals surface area contributed by atoms with Gasteiger partial charge in [-0.15, -0.1) is 0 Å². The summed E-state index contributed by atoms with van der Waals surface area (Å²) in [6.07, 6.45) is 3.77. The molecule has 0 atom stereocenters. The number of nitrogens with one attached hydrogen (secondary N) is 1. The van der Waals surface area contributed by atoms with E-state index in [4.69, 9.17) is 5.11 Å². The van der Waals surface area contributed by atoms with Gasteiger partial charge in [0.15, 0.2) is 10.9 Å². The summed E-state index contributed by atoms with van der Waals surface area (Å²) in [4.78, 5) is 33.3. The first kappa shape index (κ1) is 18.1. The third kappa shape index (κ3) is 13.4. The van der Waals surface area contributed by atoms with Crippen molar-refractivity contribution in [1.82, 2.24) is 5.32 Å². The monoisotopic (exact) mass is 289 g/mol. The van der Waals surface area contributed by atoms with Crippen LogP contribution in [0.1, 0.15) is 45.4 Å². The fourth-order valence-corrected chi connectivity index (χ4v) is 2.07. The zero-order valence-corrected chi connectivity index (χ0v) is 12.3. The largest absolute Gasteiger partial charge is 0.396 e. The first-order chi connectivity index (χ1) is 9.06. The number of hydrogen-bond acceptors (Lipinski definition) is 5. The molecule has 0 aliphatic heterocycles. The summed E-state index contributed by atoms with van der Waals surface area (Å²) < 4.78 is 0. The van der Waals surface area contributed by atoms with E-state index in [1.807, 2.05) is 0 Å². The second kappa shape index (κ2) is 12.2. The average molecular weight is 289 g/mol. The van der Waals surface area contributed by atoms with Crippen molar-refractivity contribution in [2.45, 2.75) is 45.4 Å². The van der Waals surface area contributed by atoms with Gasteiger partial charge in [0.25, 0.3) is 0 Å². The maximum atomic E-state index is 11.4. The molecule has 0 heterocycles. The van der Waals surface area contributed by atoms with Crippen LogP contribution in [0.15, 0.2) is 0 Å². The third-order valence-corrected chi connectivity index (χ3v) is 3.35. The third-order valence-electron chi connectivity index (χ3n) is 2.45. The second-order valence-electron chi connectivity index (χ2n) is 4.29. The van der Waals surface area contributed by atoms with Crippen molar-refractivity contribution < 1.29 is 19.5 Å². The summed E-state index contributed by atoms with van der Waals surface area (Å²) >= 11 is 1.31. The Morgan fingerprint density at radius 3 is 2.42 bits per heavy atom. The van der Waals surface area contributed by atoms with Crippen LogP contribution in [0, 0.1) is 0 Å². The van der Waals surface area contributed by atoms with Crippen molar-refractivity contribution in [3.05, 3.63) is 0 Å². The maximum Gasteiger partial charge on any atom is 0.220 e. The van der Waals surface area contributed by atoms with Crippen LogP contribution in [0.4, 0.5) is 0 Å². The topological polar surface area (TPSA) is 83.5 Å². The number of unbranched alkanes of at least 4 members (excludes halogenated alkanes) is 2. The zero-order valence-electron chi connectivity index (χ0n) is 11.4. The molecular formula is C13H23NO4S. The summed E-state index contributed by atoms with van der Waals surface area (Å²) in [6, 6.07) is 0. The maximum absolute atomic E-state index is 11.4. The standard InChI is InChI=1S/C13H23NO4S/c1-11(16)19-9-4-2-3-7-13(18)14-10-12(17)6-5-8-15/h15H,2-10H2,1H3,(H,14,18). The normalized spacial score (nSPS) is 10.2. The van der Waals surface area contributed by atoms with Crippen molar-refractivity contribution in [3.63, 3.8) is 0 Å². The average Bonchev–Trinajstić information content (AvgIpc) is 2.37. The molecule has 0 bridgehead atoms. The molecule has 1 amide bonds. The Morgan fingerprint density at radius 1 is 1.05 bits per heavy atom. The Kier molecular flexibility index (Phi) is 11.6. The Balaban J connectivity index is 3.39. The molecule has 110 valence electrons. The molecule has 0 aliphatic rings. The molecule has 0 aromatic rings. The minimum Gasteiger partial charge on any atom is -0.396 e. The highest BCUT2D eigenvalue weighted by Gasteiger charge is 2.05. The summed E-state index contributed by atoms with van der Waals surface area (Å²) in [6.45, 7) is 1.60. The van der Waals surface area contributed by atoms with E-state index in [0.717, 1.165) is 25.0 Å². The van der Waals surface area contributed by atoms with Crippen molar-refractivity contribution >= 4 is 28.6 Å². The second-order valence-corrected chi connectivity index (χ2v) is 5.57. The van der Waals surface area contributed by atoms with Crippen molar-refractivity contribution in [2.75, 3.05) is 18.9 Å². The number of rotatable bonds is 11. The van der Waals surface area contributed by atoms with Gasteiger partial charge in [0.1, 0.15) is 0 Å². The molecule has 2 N–H and O–H groups in total. The van der Waals surface area contributed by atoms with E-state index in [1.165, 1.54) is 11.8 Å². The van der Waals surface area contributed by atoms with Crippen molar-refractivity contribution in [1.29, 1.82) is 0 Å². The Labute approximate surface area is 118 Å². The van der Waals surface area contributed by atoms with Gasteiger partial charge in [0, 0.05) is 32.1 Å². The van der Waals surface area contributed by atoms with Crippen LogP contribution in [0.3, 0.4) is 0 Å². The molecule has 0 aliphatic carbocycles. The van der Waals surface area contributed by atoms with Crippen LogP contribution < -0.4 is 5.32 Å². The molecule has 6 heteroatoms. The van der Waals surface area contributed by atoms with Crippen molar-refractivity contribution in [2.24, 2.45) is 0 Å². The van der Waals surface area contributed by atoms with Gasteiger partial charge in [-0.05, 0) is 19.3 Å². The summed E-state index contributed by atoms with van der Waals surface area (Å²) in [5, 5.41) is 11.2. The van der Waals surface area contributed by atoms with Crippen LogP contribution in [-0.2, 0) is 14.4 Å². The van der Waals surface area contributed by atoms with E-state index in [2.05, 4.69) is 5.32 Å². The summed E-state index contributed by atoms with van der Waals surface area (Å²) in [7, 11) is 0. The smallest absolute Gasteiger partial charge is 0.220 e. The Hall–Kier alpha value is -0.880. The predicted octanol–water partition coefficient (Wildman–Crippen LogP) is 1.28. The number of carbonyl (C=O) groups excluding carboxylic acids is 3. The summed E-state index contributed by atoms with van der Waals surface area (Å²) in [5.41, 5.74) is 0. The molecule has 0 fully saturated rings. The number of hydrogen-bond donors (Lipinski definition) is 2. The van der Waals surface area contributed by atoms with Crippen LogP contribution in [0.5, 0.6) is 0 Å². The molecule has 0 unspecified atom stereocenters. The van der Waals surface area contributed by atoms with E-state index in [-0.39, 0.29) is 30.0 Å². The highest BCUT2D eigenvalue weighted by Crippen LogP contribution is 2.08. The molecular weight excluding hydrogens is 266 g/mol.